The monoisotopic (exact) mass is 668 g/mol. The molecule has 0 aromatic heterocycles. The number of hydrogen-bond acceptors (Lipinski definition) is 6. The summed E-state index contributed by atoms with van der Waals surface area (Å²) >= 11 is 0. The van der Waals surface area contributed by atoms with Crippen LogP contribution in [0.3, 0.4) is 0 Å². The van der Waals surface area contributed by atoms with Crippen molar-refractivity contribution >= 4 is 39.4 Å². The van der Waals surface area contributed by atoms with Crippen LogP contribution in [0, 0.1) is 6.92 Å². The van der Waals surface area contributed by atoms with Crippen LogP contribution < -0.4 is 4.90 Å². The van der Waals surface area contributed by atoms with E-state index in [-0.39, 0.29) is 24.1 Å². The van der Waals surface area contributed by atoms with E-state index in [1.165, 1.54) is 18.2 Å². The highest BCUT2D eigenvalue weighted by molar-refractivity contribution is 7.85. The van der Waals surface area contributed by atoms with E-state index in [9.17, 15) is 53.9 Å². The van der Waals surface area contributed by atoms with Crippen molar-refractivity contribution in [3.05, 3.63) is 99.1 Å². The van der Waals surface area contributed by atoms with Crippen LogP contribution in [0.1, 0.15) is 70.1 Å². The smallest absolute Gasteiger partial charge is 0.286 e. The number of fused-ring (bicyclic) bond motifs is 2. The van der Waals surface area contributed by atoms with Crippen molar-refractivity contribution in [2.24, 2.45) is 0 Å². The molecule has 2 heterocycles. The van der Waals surface area contributed by atoms with Gasteiger partial charge >= 0.3 is 12.4 Å². The molecular weight excluding hydrogens is 646 g/mol. The number of nitrogens with zero attached hydrogens (tertiary/aromatic N) is 2. The van der Waals surface area contributed by atoms with Gasteiger partial charge in [0.05, 0.1) is 33.7 Å². The molecule has 0 bridgehead atoms. The average Bonchev–Trinajstić information content (AvgIpc) is 3.31. The van der Waals surface area contributed by atoms with Gasteiger partial charge in [0.2, 0.25) is 5.41 Å². The third-order valence-electron chi connectivity index (χ3n) is 8.13. The summed E-state index contributed by atoms with van der Waals surface area (Å²) in [7, 11) is -3.18. The molecular formula is C30H22F6N2O7S. The molecule has 0 radical (unpaired) electrons. The van der Waals surface area contributed by atoms with Crippen molar-refractivity contribution in [3.63, 3.8) is 0 Å². The molecule has 0 saturated carbocycles. The molecule has 2 aliphatic rings. The molecule has 16 heteroatoms. The van der Waals surface area contributed by atoms with Gasteiger partial charge in [-0.15, -0.1) is 0 Å². The minimum atomic E-state index is -6.08. The number of anilines is 1. The summed E-state index contributed by atoms with van der Waals surface area (Å²) in [6.07, 6.45) is -11.9. The number of rotatable bonds is 7. The van der Waals surface area contributed by atoms with Gasteiger partial charge in [-0.2, -0.15) is 34.8 Å². The summed E-state index contributed by atoms with van der Waals surface area (Å²) in [5, 5.41) is 0. The molecule has 242 valence electrons. The van der Waals surface area contributed by atoms with Crippen LogP contribution in [0.2, 0.25) is 0 Å². The quantitative estimate of drug-likeness (QED) is 0.207. The number of aryl methyl sites for hydroxylation is 2. The number of imide groups is 2. The maximum Gasteiger partial charge on any atom is 0.411 e. The zero-order valence-corrected chi connectivity index (χ0v) is 24.6. The predicted octanol–water partition coefficient (Wildman–Crippen LogP) is 5.25. The first kappa shape index (κ1) is 32.8. The van der Waals surface area contributed by atoms with Crippen molar-refractivity contribution in [3.8, 4) is 0 Å². The Kier molecular flexibility index (Phi) is 7.68. The van der Waals surface area contributed by atoms with Gasteiger partial charge in [-0.3, -0.25) is 28.6 Å². The van der Waals surface area contributed by atoms with E-state index in [0.717, 1.165) is 7.05 Å². The summed E-state index contributed by atoms with van der Waals surface area (Å²) in [5.41, 5.74) is -8.76. The summed E-state index contributed by atoms with van der Waals surface area (Å²) in [6.45, 7) is 1.58. The van der Waals surface area contributed by atoms with Crippen molar-refractivity contribution < 1.29 is 58.5 Å². The van der Waals surface area contributed by atoms with E-state index in [0.29, 0.717) is 57.3 Å². The molecule has 9 nitrogen and oxygen atoms in total. The summed E-state index contributed by atoms with van der Waals surface area (Å²) in [4.78, 5) is 52.5. The van der Waals surface area contributed by atoms with Crippen LogP contribution in [-0.2, 0) is 22.0 Å². The number of amides is 4. The highest BCUT2D eigenvalue weighted by Gasteiger charge is 2.73. The molecule has 0 aliphatic carbocycles. The average molecular weight is 669 g/mol. The van der Waals surface area contributed by atoms with Gasteiger partial charge in [0.25, 0.3) is 33.7 Å². The van der Waals surface area contributed by atoms with Gasteiger partial charge in [-0.05, 0) is 78.4 Å². The number of carbonyl (C=O) groups excluding carboxylic acids is 4. The van der Waals surface area contributed by atoms with Gasteiger partial charge in [-0.1, -0.05) is 18.2 Å². The fourth-order valence-electron chi connectivity index (χ4n) is 5.83. The molecule has 4 amide bonds. The Morgan fingerprint density at radius 2 is 1.17 bits per heavy atom. The molecule has 0 unspecified atom stereocenters. The SMILES string of the molecule is Cc1cc(N2C(=O)c3ccc(C(c4ccc5c(c4)C(=O)N(C)C5=O)(C(F)(F)F)C(F)(F)F)cc3C2=O)ccc1CCCS(=O)(=O)O. The minimum absolute atomic E-state index is 0.0346. The molecule has 46 heavy (non-hydrogen) atoms. The predicted molar refractivity (Wildman–Crippen MR) is 149 cm³/mol. The Morgan fingerprint density at radius 3 is 1.67 bits per heavy atom. The fourth-order valence-corrected chi connectivity index (χ4v) is 6.34. The van der Waals surface area contributed by atoms with Crippen molar-refractivity contribution in [1.82, 2.24) is 4.90 Å². The van der Waals surface area contributed by atoms with E-state index < -0.39 is 85.1 Å². The lowest BCUT2D eigenvalue weighted by atomic mass is 9.71. The van der Waals surface area contributed by atoms with Gasteiger partial charge in [0.15, 0.2) is 0 Å². The van der Waals surface area contributed by atoms with Crippen LogP contribution in [0.25, 0.3) is 0 Å². The lowest BCUT2D eigenvalue weighted by Gasteiger charge is -2.38. The second-order valence-corrected chi connectivity index (χ2v) is 12.5. The highest BCUT2D eigenvalue weighted by atomic mass is 32.2. The zero-order chi connectivity index (χ0) is 34.1. The molecule has 0 spiro atoms. The van der Waals surface area contributed by atoms with Crippen LogP contribution in [0.15, 0.2) is 54.6 Å². The first-order valence-electron chi connectivity index (χ1n) is 13.4. The molecule has 5 rings (SSSR count). The van der Waals surface area contributed by atoms with Crippen LogP contribution in [0.4, 0.5) is 32.0 Å². The van der Waals surface area contributed by atoms with Gasteiger partial charge in [0.1, 0.15) is 0 Å². The van der Waals surface area contributed by atoms with Crippen molar-refractivity contribution in [1.29, 1.82) is 0 Å². The summed E-state index contributed by atoms with van der Waals surface area (Å²) in [5.74, 6) is -4.69. The van der Waals surface area contributed by atoms with E-state index in [4.69, 9.17) is 4.55 Å². The number of hydrogen-bond donors (Lipinski definition) is 1. The van der Waals surface area contributed by atoms with Gasteiger partial charge < -0.3 is 0 Å². The standard InChI is InChI=1S/C30H22F6N2O7S/c1-15-12-19(8-5-16(15)4-3-11-46(43,44)45)38-26(41)21-10-7-18(14-23(21)27(38)42)28(29(31,32)33,30(34,35)36)17-6-9-20-22(13-17)25(40)37(2)24(20)39/h5-10,12-14H,3-4,11H2,1-2H3,(H,43,44,45). The van der Waals surface area contributed by atoms with Crippen LogP contribution in [-0.4, -0.2) is 66.7 Å². The Bertz CT molecular complexity index is 1940. The number of carbonyl (C=O) groups is 4. The number of alkyl halides is 6. The maximum atomic E-state index is 14.9. The van der Waals surface area contributed by atoms with E-state index >= 15 is 0 Å². The topological polar surface area (TPSA) is 129 Å². The lowest BCUT2D eigenvalue weighted by Crippen LogP contribution is -2.55. The first-order chi connectivity index (χ1) is 21.2. The number of halogens is 6. The second kappa shape index (κ2) is 10.8. The largest absolute Gasteiger partial charge is 0.411 e. The Labute approximate surface area is 257 Å². The number of benzene rings is 3. The van der Waals surface area contributed by atoms with Crippen LogP contribution in [0.5, 0.6) is 0 Å². The Balaban J connectivity index is 1.59. The van der Waals surface area contributed by atoms with Gasteiger partial charge in [0, 0.05) is 7.05 Å². The molecule has 1 N–H and O–H groups in total. The van der Waals surface area contributed by atoms with E-state index in [1.54, 1.807) is 6.92 Å². The Morgan fingerprint density at radius 1 is 0.696 bits per heavy atom. The molecule has 0 atom stereocenters. The zero-order valence-electron chi connectivity index (χ0n) is 23.8. The summed E-state index contributed by atoms with van der Waals surface area (Å²) < 4.78 is 120. The molecule has 3 aromatic carbocycles. The fraction of sp³-hybridized carbons (Fsp3) is 0.267. The van der Waals surface area contributed by atoms with Crippen LogP contribution >= 0.6 is 0 Å². The van der Waals surface area contributed by atoms with Crippen molar-refractivity contribution in [2.45, 2.75) is 37.5 Å². The molecule has 2 aliphatic heterocycles. The van der Waals surface area contributed by atoms with Gasteiger partial charge in [-0.25, -0.2) is 4.90 Å². The second-order valence-electron chi connectivity index (χ2n) is 10.9. The van der Waals surface area contributed by atoms with E-state index in [2.05, 4.69) is 0 Å². The Hall–Kier alpha value is -4.57. The molecule has 0 fully saturated rings. The van der Waals surface area contributed by atoms with E-state index in [1.807, 2.05) is 0 Å². The lowest BCUT2D eigenvalue weighted by molar-refractivity contribution is -0.288. The van der Waals surface area contributed by atoms with Crippen molar-refractivity contribution in [2.75, 3.05) is 17.7 Å². The minimum Gasteiger partial charge on any atom is -0.286 e. The molecule has 0 saturated heterocycles. The normalized spacial score (nSPS) is 15.6. The third-order valence-corrected chi connectivity index (χ3v) is 8.93. The molecule has 3 aromatic rings. The third kappa shape index (κ3) is 5.05. The highest BCUT2D eigenvalue weighted by Crippen LogP contribution is 2.57. The first-order valence-corrected chi connectivity index (χ1v) is 15.0. The summed E-state index contributed by atoms with van der Waals surface area (Å²) in [6, 6.07) is 7.20. The maximum absolute atomic E-state index is 14.9.